The summed E-state index contributed by atoms with van der Waals surface area (Å²) in [5, 5.41) is 2.39. The minimum absolute atomic E-state index is 0. The zero-order chi connectivity index (χ0) is 19.9. The van der Waals surface area contributed by atoms with Crippen molar-refractivity contribution in [3.05, 3.63) is 121 Å². The van der Waals surface area contributed by atoms with Gasteiger partial charge in [0.15, 0.2) is 0 Å². The fourth-order valence-corrected chi connectivity index (χ4v) is 3.05. The van der Waals surface area contributed by atoms with Crippen LogP contribution in [0.15, 0.2) is 103 Å². The largest absolute Gasteiger partial charge is 0.304 e. The van der Waals surface area contributed by atoms with Gasteiger partial charge in [0.2, 0.25) is 0 Å². The van der Waals surface area contributed by atoms with Gasteiger partial charge in [0, 0.05) is 32.5 Å². The van der Waals surface area contributed by atoms with Crippen LogP contribution in [0, 0.1) is 19.1 Å². The number of nitrogens with zero attached hydrogens (tertiary/aromatic N) is 2. The fraction of sp³-hybridized carbons (Fsp3) is 0.0370. The van der Waals surface area contributed by atoms with Crippen LogP contribution in [0.2, 0.25) is 0 Å². The molecular formula is C27H20IrN2-2. The molecule has 3 aromatic carbocycles. The van der Waals surface area contributed by atoms with E-state index in [1.807, 2.05) is 92.1 Å². The average molecular weight is 565 g/mol. The second kappa shape index (κ2) is 10.6. The Kier molecular flexibility index (Phi) is 7.62. The normalized spacial score (nSPS) is 9.90. The van der Waals surface area contributed by atoms with E-state index in [0.717, 1.165) is 22.5 Å². The van der Waals surface area contributed by atoms with Crippen molar-refractivity contribution in [2.45, 2.75) is 6.92 Å². The van der Waals surface area contributed by atoms with Crippen LogP contribution >= 0.6 is 0 Å². The van der Waals surface area contributed by atoms with Crippen LogP contribution in [0.3, 0.4) is 0 Å². The number of aromatic nitrogens is 2. The van der Waals surface area contributed by atoms with E-state index >= 15 is 0 Å². The predicted molar refractivity (Wildman–Crippen MR) is 119 cm³/mol. The Hall–Kier alpha value is -3.13. The van der Waals surface area contributed by atoms with Crippen LogP contribution < -0.4 is 0 Å². The third-order valence-corrected chi connectivity index (χ3v) is 4.53. The third-order valence-electron chi connectivity index (χ3n) is 4.53. The summed E-state index contributed by atoms with van der Waals surface area (Å²) in [5.74, 6) is 0. The number of benzene rings is 3. The topological polar surface area (TPSA) is 25.8 Å². The fourth-order valence-electron chi connectivity index (χ4n) is 3.05. The minimum atomic E-state index is 0. The molecule has 0 N–H and O–H groups in total. The zero-order valence-corrected chi connectivity index (χ0v) is 18.9. The summed E-state index contributed by atoms with van der Waals surface area (Å²) in [6.45, 7) is 2.03. The van der Waals surface area contributed by atoms with Gasteiger partial charge >= 0.3 is 0 Å². The van der Waals surface area contributed by atoms with Crippen molar-refractivity contribution < 1.29 is 20.1 Å². The maximum Gasteiger partial charge on any atom is 0.0190 e. The van der Waals surface area contributed by atoms with E-state index < -0.39 is 0 Å². The van der Waals surface area contributed by atoms with Gasteiger partial charge < -0.3 is 9.97 Å². The number of aryl methyl sites for hydroxylation is 1. The van der Waals surface area contributed by atoms with Crippen molar-refractivity contribution in [2.24, 2.45) is 0 Å². The zero-order valence-electron chi connectivity index (χ0n) is 16.5. The van der Waals surface area contributed by atoms with Crippen LogP contribution in [0.5, 0.6) is 0 Å². The van der Waals surface area contributed by atoms with Gasteiger partial charge in [-0.15, -0.1) is 71.8 Å². The van der Waals surface area contributed by atoms with Gasteiger partial charge in [-0.25, -0.2) is 0 Å². The van der Waals surface area contributed by atoms with Gasteiger partial charge in [0.05, 0.1) is 0 Å². The first kappa shape index (κ1) is 21.6. The SMILES string of the molecule is Cc1ccc(-c2[c-]cccc2)nc1.[Ir].[c-]1ccccc1-c1nccc2ccccc12. The molecule has 2 aromatic heterocycles. The van der Waals surface area contributed by atoms with Gasteiger partial charge in [-0.05, 0) is 40.7 Å². The van der Waals surface area contributed by atoms with Crippen molar-refractivity contribution in [3.63, 3.8) is 0 Å². The summed E-state index contributed by atoms with van der Waals surface area (Å²) in [4.78, 5) is 8.76. The van der Waals surface area contributed by atoms with Gasteiger partial charge in [-0.3, -0.25) is 0 Å². The van der Waals surface area contributed by atoms with Crippen LogP contribution in [0.4, 0.5) is 0 Å². The van der Waals surface area contributed by atoms with Crippen LogP contribution in [-0.4, -0.2) is 9.97 Å². The van der Waals surface area contributed by atoms with E-state index in [9.17, 15) is 0 Å². The maximum atomic E-state index is 4.45. The molecule has 30 heavy (non-hydrogen) atoms. The second-order valence-electron chi connectivity index (χ2n) is 6.65. The van der Waals surface area contributed by atoms with Crippen molar-refractivity contribution in [1.29, 1.82) is 0 Å². The molecule has 5 aromatic rings. The molecule has 0 unspecified atom stereocenters. The average Bonchev–Trinajstić information content (AvgIpc) is 2.81. The van der Waals surface area contributed by atoms with E-state index in [0.29, 0.717) is 0 Å². The summed E-state index contributed by atoms with van der Waals surface area (Å²) in [6, 6.07) is 36.5. The van der Waals surface area contributed by atoms with Crippen molar-refractivity contribution >= 4 is 10.8 Å². The van der Waals surface area contributed by atoms with E-state index in [4.69, 9.17) is 0 Å². The van der Waals surface area contributed by atoms with Gasteiger partial charge in [0.25, 0.3) is 0 Å². The first-order valence-electron chi connectivity index (χ1n) is 9.52. The minimum Gasteiger partial charge on any atom is -0.304 e. The number of hydrogen-bond donors (Lipinski definition) is 0. The summed E-state index contributed by atoms with van der Waals surface area (Å²) < 4.78 is 0. The standard InChI is InChI=1S/C15H10N.C12H10N.Ir/c1-2-7-13(8-3-1)15-14-9-5-4-6-12(14)10-11-16-15;1-10-7-8-12(13-9-10)11-5-3-2-4-6-11;/h1-7,9-11H;2-5,7-9H,1H3;/q2*-1;. The molecule has 0 saturated heterocycles. The Labute approximate surface area is 191 Å². The molecule has 0 bridgehead atoms. The molecule has 0 atom stereocenters. The maximum absolute atomic E-state index is 4.45. The van der Waals surface area contributed by atoms with Gasteiger partial charge in [-0.2, -0.15) is 0 Å². The Morgan fingerprint density at radius 3 is 2.03 bits per heavy atom. The van der Waals surface area contributed by atoms with Crippen molar-refractivity contribution in [2.75, 3.05) is 0 Å². The molecule has 2 nitrogen and oxygen atoms in total. The predicted octanol–water partition coefficient (Wildman–Crippen LogP) is 6.56. The van der Waals surface area contributed by atoms with Crippen LogP contribution in [0.1, 0.15) is 5.56 Å². The third kappa shape index (κ3) is 5.27. The monoisotopic (exact) mass is 565 g/mol. The first-order valence-corrected chi connectivity index (χ1v) is 9.52. The molecule has 0 saturated carbocycles. The molecule has 3 heteroatoms. The number of fused-ring (bicyclic) bond motifs is 1. The second-order valence-corrected chi connectivity index (χ2v) is 6.65. The van der Waals surface area contributed by atoms with Gasteiger partial charge in [-0.1, -0.05) is 36.4 Å². The number of rotatable bonds is 2. The number of pyridine rings is 2. The van der Waals surface area contributed by atoms with Crippen LogP contribution in [-0.2, 0) is 20.1 Å². The summed E-state index contributed by atoms with van der Waals surface area (Å²) >= 11 is 0. The van der Waals surface area contributed by atoms with E-state index in [1.54, 1.807) is 0 Å². The quantitative estimate of drug-likeness (QED) is 0.227. The molecule has 149 valence electrons. The number of hydrogen-bond acceptors (Lipinski definition) is 2. The molecule has 0 amide bonds. The van der Waals surface area contributed by atoms with E-state index in [-0.39, 0.29) is 20.1 Å². The molecule has 5 rings (SSSR count). The van der Waals surface area contributed by atoms with Crippen LogP contribution in [0.25, 0.3) is 33.3 Å². The van der Waals surface area contributed by atoms with E-state index in [2.05, 4.69) is 40.3 Å². The van der Waals surface area contributed by atoms with Crippen molar-refractivity contribution in [1.82, 2.24) is 9.97 Å². The smallest absolute Gasteiger partial charge is 0.0190 e. The molecule has 0 aliphatic heterocycles. The molecule has 0 fully saturated rings. The molecular weight excluding hydrogens is 545 g/mol. The first-order chi connectivity index (χ1) is 14.3. The van der Waals surface area contributed by atoms with E-state index in [1.165, 1.54) is 16.3 Å². The van der Waals surface area contributed by atoms with Crippen molar-refractivity contribution in [3.8, 4) is 22.5 Å². The summed E-state index contributed by atoms with van der Waals surface area (Å²) in [7, 11) is 0. The Bertz CT molecular complexity index is 1180. The Morgan fingerprint density at radius 2 is 1.37 bits per heavy atom. The van der Waals surface area contributed by atoms with Gasteiger partial charge in [0.1, 0.15) is 0 Å². The molecule has 0 aliphatic rings. The Morgan fingerprint density at radius 1 is 0.667 bits per heavy atom. The molecule has 2 heterocycles. The molecule has 0 spiro atoms. The summed E-state index contributed by atoms with van der Waals surface area (Å²) in [5.41, 5.74) is 5.24. The molecule has 1 radical (unpaired) electrons. The Balaban J connectivity index is 0.000000169. The summed E-state index contributed by atoms with van der Waals surface area (Å²) in [6.07, 6.45) is 3.72. The molecule has 0 aliphatic carbocycles.